The van der Waals surface area contributed by atoms with Crippen LogP contribution in [-0.4, -0.2) is 31.7 Å². The Kier molecular flexibility index (Phi) is 3.33. The van der Waals surface area contributed by atoms with Crippen LogP contribution in [0.5, 0.6) is 0 Å². The van der Waals surface area contributed by atoms with E-state index in [0.29, 0.717) is 10.9 Å². The van der Waals surface area contributed by atoms with Crippen LogP contribution in [0.15, 0.2) is 11.2 Å². The summed E-state index contributed by atoms with van der Waals surface area (Å²) >= 11 is 1.35. The molecule has 0 aliphatic rings. The fraction of sp³-hybridized carbons (Fsp3) is 0.364. The minimum Gasteiger partial charge on any atom is -0.362 e. The van der Waals surface area contributed by atoms with Gasteiger partial charge >= 0.3 is 0 Å². The largest absolute Gasteiger partial charge is 0.362 e. The summed E-state index contributed by atoms with van der Waals surface area (Å²) in [7, 11) is 0. The van der Waals surface area contributed by atoms with Crippen LogP contribution in [0.4, 0.5) is 0 Å². The lowest BCUT2D eigenvalue weighted by Crippen LogP contribution is -2.03. The number of aryl methyl sites for hydroxylation is 3. The SMILES string of the molecule is Cc1cc(C(=O)CSc2n[nH]c(C)n2)c(C)[nH]1. The number of hydrogen-bond acceptors (Lipinski definition) is 4. The molecule has 6 heteroatoms. The van der Waals surface area contributed by atoms with Crippen molar-refractivity contribution >= 4 is 17.5 Å². The maximum atomic E-state index is 12.0. The minimum atomic E-state index is 0.0966. The molecule has 90 valence electrons. The van der Waals surface area contributed by atoms with E-state index in [-0.39, 0.29) is 5.78 Å². The fourth-order valence-corrected chi connectivity index (χ4v) is 2.34. The topological polar surface area (TPSA) is 74.4 Å². The van der Waals surface area contributed by atoms with E-state index in [4.69, 9.17) is 0 Å². The molecule has 0 unspecified atom stereocenters. The summed E-state index contributed by atoms with van der Waals surface area (Å²) in [4.78, 5) is 19.2. The molecule has 0 spiro atoms. The van der Waals surface area contributed by atoms with Gasteiger partial charge < -0.3 is 4.98 Å². The number of nitrogens with one attached hydrogen (secondary N) is 2. The van der Waals surface area contributed by atoms with E-state index in [1.807, 2.05) is 26.8 Å². The summed E-state index contributed by atoms with van der Waals surface area (Å²) in [6, 6.07) is 1.88. The van der Waals surface area contributed by atoms with Gasteiger partial charge in [-0.2, -0.15) is 0 Å². The van der Waals surface area contributed by atoms with Gasteiger partial charge in [0.2, 0.25) is 5.16 Å². The normalized spacial score (nSPS) is 10.8. The number of nitrogens with zero attached hydrogens (tertiary/aromatic N) is 2. The van der Waals surface area contributed by atoms with Crippen LogP contribution < -0.4 is 0 Å². The lowest BCUT2D eigenvalue weighted by molar-refractivity contribution is 0.102. The molecule has 0 fully saturated rings. The number of aromatic amines is 2. The average molecular weight is 250 g/mol. The molecule has 0 amide bonds. The van der Waals surface area contributed by atoms with Crippen molar-refractivity contribution in [3.05, 3.63) is 28.8 Å². The van der Waals surface area contributed by atoms with Crippen LogP contribution in [0, 0.1) is 20.8 Å². The van der Waals surface area contributed by atoms with Crippen molar-refractivity contribution in [1.82, 2.24) is 20.2 Å². The Morgan fingerprint density at radius 3 is 2.71 bits per heavy atom. The third-order valence-electron chi connectivity index (χ3n) is 2.36. The Morgan fingerprint density at radius 1 is 1.41 bits per heavy atom. The molecule has 2 N–H and O–H groups in total. The first-order valence-corrected chi connectivity index (χ1v) is 6.26. The van der Waals surface area contributed by atoms with Crippen LogP contribution in [0.3, 0.4) is 0 Å². The van der Waals surface area contributed by atoms with E-state index in [2.05, 4.69) is 20.2 Å². The second-order valence-electron chi connectivity index (χ2n) is 3.91. The minimum absolute atomic E-state index is 0.0966. The van der Waals surface area contributed by atoms with Gasteiger partial charge in [0.05, 0.1) is 5.75 Å². The molecule has 0 saturated heterocycles. The van der Waals surface area contributed by atoms with E-state index in [0.717, 1.165) is 22.8 Å². The first-order valence-electron chi connectivity index (χ1n) is 5.27. The molecule has 0 bridgehead atoms. The second-order valence-corrected chi connectivity index (χ2v) is 4.85. The van der Waals surface area contributed by atoms with Gasteiger partial charge in [0, 0.05) is 17.0 Å². The van der Waals surface area contributed by atoms with Crippen LogP contribution >= 0.6 is 11.8 Å². The van der Waals surface area contributed by atoms with Crippen molar-refractivity contribution in [1.29, 1.82) is 0 Å². The van der Waals surface area contributed by atoms with E-state index in [1.54, 1.807) is 0 Å². The highest BCUT2D eigenvalue weighted by Crippen LogP contribution is 2.17. The van der Waals surface area contributed by atoms with Crippen molar-refractivity contribution in [2.24, 2.45) is 0 Å². The van der Waals surface area contributed by atoms with Gasteiger partial charge in [-0.1, -0.05) is 11.8 Å². The van der Waals surface area contributed by atoms with Gasteiger partial charge in [0.25, 0.3) is 0 Å². The predicted molar refractivity (Wildman–Crippen MR) is 66.4 cm³/mol. The highest BCUT2D eigenvalue weighted by Gasteiger charge is 2.13. The van der Waals surface area contributed by atoms with Crippen LogP contribution in [0.25, 0.3) is 0 Å². The Balaban J connectivity index is 2.00. The number of ketones is 1. The zero-order valence-electron chi connectivity index (χ0n) is 10.00. The number of aromatic nitrogens is 4. The Hall–Kier alpha value is -1.56. The molecule has 2 heterocycles. The van der Waals surface area contributed by atoms with E-state index in [1.165, 1.54) is 11.8 Å². The number of thioether (sulfide) groups is 1. The van der Waals surface area contributed by atoms with Crippen molar-refractivity contribution in [2.75, 3.05) is 5.75 Å². The standard InChI is InChI=1S/C11H14N4OS/c1-6-4-9(7(2)12-6)10(16)5-17-11-13-8(3)14-15-11/h4,12H,5H2,1-3H3,(H,13,14,15). The molecule has 0 saturated carbocycles. The summed E-state index contributed by atoms with van der Waals surface area (Å²) in [5, 5.41) is 7.34. The van der Waals surface area contributed by atoms with Gasteiger partial charge in [0.1, 0.15) is 5.82 Å². The molecule has 2 rings (SSSR count). The van der Waals surface area contributed by atoms with Crippen molar-refractivity contribution in [3.8, 4) is 0 Å². The third kappa shape index (κ3) is 2.76. The molecule has 0 aliphatic carbocycles. The Bertz CT molecular complexity index is 543. The van der Waals surface area contributed by atoms with Crippen LogP contribution in [-0.2, 0) is 0 Å². The third-order valence-corrected chi connectivity index (χ3v) is 3.21. The molecule has 0 aromatic carbocycles. The molecular formula is C11H14N4OS. The van der Waals surface area contributed by atoms with Crippen LogP contribution in [0.1, 0.15) is 27.6 Å². The molecule has 5 nitrogen and oxygen atoms in total. The fourth-order valence-electron chi connectivity index (χ4n) is 1.61. The molecule has 2 aromatic rings. The van der Waals surface area contributed by atoms with Gasteiger partial charge in [-0.3, -0.25) is 9.89 Å². The van der Waals surface area contributed by atoms with E-state index < -0.39 is 0 Å². The molecular weight excluding hydrogens is 236 g/mol. The molecule has 0 radical (unpaired) electrons. The second kappa shape index (κ2) is 4.75. The number of hydrogen-bond donors (Lipinski definition) is 2. The quantitative estimate of drug-likeness (QED) is 0.643. The summed E-state index contributed by atoms with van der Waals surface area (Å²) in [5.74, 6) is 1.21. The Labute approximate surface area is 103 Å². The molecule has 0 atom stereocenters. The molecule has 0 aliphatic heterocycles. The van der Waals surface area contributed by atoms with Crippen LogP contribution in [0.2, 0.25) is 0 Å². The maximum Gasteiger partial charge on any atom is 0.208 e. The molecule has 17 heavy (non-hydrogen) atoms. The highest BCUT2D eigenvalue weighted by molar-refractivity contribution is 7.99. The smallest absolute Gasteiger partial charge is 0.208 e. The lowest BCUT2D eigenvalue weighted by Gasteiger charge is -1.97. The average Bonchev–Trinajstić information content (AvgIpc) is 2.81. The lowest BCUT2D eigenvalue weighted by atomic mass is 10.2. The predicted octanol–water partition coefficient (Wildman–Crippen LogP) is 2.03. The summed E-state index contributed by atoms with van der Waals surface area (Å²) in [6.07, 6.45) is 0. The zero-order chi connectivity index (χ0) is 12.4. The highest BCUT2D eigenvalue weighted by atomic mass is 32.2. The van der Waals surface area contributed by atoms with Crippen molar-refractivity contribution in [3.63, 3.8) is 0 Å². The number of rotatable bonds is 4. The van der Waals surface area contributed by atoms with E-state index in [9.17, 15) is 4.79 Å². The van der Waals surface area contributed by atoms with Gasteiger partial charge in [0.15, 0.2) is 5.78 Å². The summed E-state index contributed by atoms with van der Waals surface area (Å²) in [6.45, 7) is 5.68. The first-order chi connectivity index (χ1) is 8.06. The number of carbonyl (C=O) groups is 1. The number of H-pyrrole nitrogens is 2. The zero-order valence-corrected chi connectivity index (χ0v) is 10.8. The van der Waals surface area contributed by atoms with Gasteiger partial charge in [-0.15, -0.1) is 5.10 Å². The maximum absolute atomic E-state index is 12.0. The first kappa shape index (κ1) is 11.9. The van der Waals surface area contributed by atoms with E-state index >= 15 is 0 Å². The van der Waals surface area contributed by atoms with Crippen molar-refractivity contribution in [2.45, 2.75) is 25.9 Å². The monoisotopic (exact) mass is 250 g/mol. The van der Waals surface area contributed by atoms with Gasteiger partial charge in [-0.25, -0.2) is 4.98 Å². The summed E-state index contributed by atoms with van der Waals surface area (Å²) in [5.41, 5.74) is 2.67. The van der Waals surface area contributed by atoms with Gasteiger partial charge in [-0.05, 0) is 26.8 Å². The Morgan fingerprint density at radius 2 is 2.18 bits per heavy atom. The summed E-state index contributed by atoms with van der Waals surface area (Å²) < 4.78 is 0. The number of carbonyl (C=O) groups excluding carboxylic acids is 1. The molecule has 2 aromatic heterocycles. The number of Topliss-reactive ketones (excluding diaryl/α,β-unsaturated/α-hetero) is 1. The van der Waals surface area contributed by atoms with Crippen molar-refractivity contribution < 1.29 is 4.79 Å².